The van der Waals surface area contributed by atoms with Gasteiger partial charge in [-0.1, -0.05) is 6.92 Å². The first-order valence-corrected chi connectivity index (χ1v) is 4.00. The number of hydrazine groups is 1. The zero-order valence-corrected chi connectivity index (χ0v) is 6.93. The van der Waals surface area contributed by atoms with Crippen LogP contribution >= 0.6 is 0 Å². The highest BCUT2D eigenvalue weighted by atomic mass is 15.5. The molecule has 0 bridgehead atoms. The normalized spacial score (nSPS) is 24.6. The van der Waals surface area contributed by atoms with E-state index in [1.54, 1.807) is 0 Å². The summed E-state index contributed by atoms with van der Waals surface area (Å²) in [7, 11) is 2.10. The third-order valence-corrected chi connectivity index (χ3v) is 2.01. The summed E-state index contributed by atoms with van der Waals surface area (Å²) in [6.45, 7) is 7.99. The third-order valence-electron chi connectivity index (χ3n) is 2.01. The highest BCUT2D eigenvalue weighted by Gasteiger charge is 2.08. The van der Waals surface area contributed by atoms with E-state index in [4.69, 9.17) is 0 Å². The van der Waals surface area contributed by atoms with Crippen molar-refractivity contribution in [2.24, 2.45) is 0 Å². The Hall–Kier alpha value is -0.120. The van der Waals surface area contributed by atoms with Gasteiger partial charge in [0.05, 0.1) is 0 Å². The molecule has 1 heterocycles. The molecule has 0 radical (unpaired) electrons. The van der Waals surface area contributed by atoms with Crippen LogP contribution in [0.25, 0.3) is 0 Å². The predicted molar refractivity (Wildman–Crippen MR) is 42.7 cm³/mol. The summed E-state index contributed by atoms with van der Waals surface area (Å²) < 4.78 is 0. The summed E-state index contributed by atoms with van der Waals surface area (Å²) in [6.07, 6.45) is 0. The maximum absolute atomic E-state index is 3.30. The van der Waals surface area contributed by atoms with E-state index in [9.17, 15) is 0 Å². The molecule has 1 saturated heterocycles. The SMILES string of the molecule is CCN1CCNN(C)CC1. The second kappa shape index (κ2) is 3.91. The summed E-state index contributed by atoms with van der Waals surface area (Å²) in [5.41, 5.74) is 3.30. The number of hydrogen-bond acceptors (Lipinski definition) is 3. The summed E-state index contributed by atoms with van der Waals surface area (Å²) >= 11 is 0. The van der Waals surface area contributed by atoms with Crippen molar-refractivity contribution in [3.63, 3.8) is 0 Å². The molecule has 1 N–H and O–H groups in total. The van der Waals surface area contributed by atoms with E-state index in [-0.39, 0.29) is 0 Å². The van der Waals surface area contributed by atoms with Crippen LogP contribution in [-0.4, -0.2) is 49.7 Å². The van der Waals surface area contributed by atoms with Crippen molar-refractivity contribution in [3.8, 4) is 0 Å². The van der Waals surface area contributed by atoms with Crippen molar-refractivity contribution >= 4 is 0 Å². The third kappa shape index (κ3) is 2.25. The Morgan fingerprint density at radius 3 is 2.80 bits per heavy atom. The second-order valence-electron chi connectivity index (χ2n) is 2.76. The highest BCUT2D eigenvalue weighted by Crippen LogP contribution is 1.91. The molecule has 10 heavy (non-hydrogen) atoms. The molecule has 0 aliphatic carbocycles. The molecular formula is C7H17N3. The van der Waals surface area contributed by atoms with Crippen LogP contribution in [-0.2, 0) is 0 Å². The molecule has 1 rings (SSSR count). The van der Waals surface area contributed by atoms with E-state index >= 15 is 0 Å². The minimum atomic E-state index is 1.09. The lowest BCUT2D eigenvalue weighted by molar-refractivity contribution is 0.249. The van der Waals surface area contributed by atoms with Crippen LogP contribution in [0, 0.1) is 0 Å². The van der Waals surface area contributed by atoms with Crippen molar-refractivity contribution in [2.75, 3.05) is 39.8 Å². The van der Waals surface area contributed by atoms with Gasteiger partial charge in [-0.25, -0.2) is 5.01 Å². The first kappa shape index (κ1) is 7.98. The summed E-state index contributed by atoms with van der Waals surface area (Å²) in [4.78, 5) is 2.45. The van der Waals surface area contributed by atoms with Crippen LogP contribution < -0.4 is 5.43 Å². The molecule has 3 heteroatoms. The van der Waals surface area contributed by atoms with Gasteiger partial charge in [-0.3, -0.25) is 5.43 Å². The fourth-order valence-electron chi connectivity index (χ4n) is 1.20. The lowest BCUT2D eigenvalue weighted by Crippen LogP contribution is -2.34. The molecule has 0 unspecified atom stereocenters. The number of nitrogens with zero attached hydrogens (tertiary/aromatic N) is 2. The van der Waals surface area contributed by atoms with Crippen LogP contribution in [0.15, 0.2) is 0 Å². The van der Waals surface area contributed by atoms with Gasteiger partial charge in [0.25, 0.3) is 0 Å². The van der Waals surface area contributed by atoms with Gasteiger partial charge in [-0.15, -0.1) is 0 Å². The Morgan fingerprint density at radius 1 is 1.30 bits per heavy atom. The summed E-state index contributed by atoms with van der Waals surface area (Å²) in [6, 6.07) is 0. The molecular weight excluding hydrogens is 126 g/mol. The van der Waals surface area contributed by atoms with Crippen LogP contribution in [0.5, 0.6) is 0 Å². The van der Waals surface area contributed by atoms with Crippen LogP contribution in [0.3, 0.4) is 0 Å². The van der Waals surface area contributed by atoms with Gasteiger partial charge in [-0.2, -0.15) is 0 Å². The standard InChI is InChI=1S/C7H17N3/c1-3-10-5-4-8-9(2)6-7-10/h8H,3-7H2,1-2H3. The first-order chi connectivity index (χ1) is 4.83. The topological polar surface area (TPSA) is 18.5 Å². The van der Waals surface area contributed by atoms with Crippen LogP contribution in [0.4, 0.5) is 0 Å². The van der Waals surface area contributed by atoms with Crippen molar-refractivity contribution in [1.29, 1.82) is 0 Å². The fraction of sp³-hybridized carbons (Fsp3) is 1.00. The maximum Gasteiger partial charge on any atom is 0.0255 e. The van der Waals surface area contributed by atoms with E-state index in [0.29, 0.717) is 0 Å². The molecule has 1 fully saturated rings. The molecule has 0 aromatic heterocycles. The zero-order chi connectivity index (χ0) is 7.40. The largest absolute Gasteiger partial charge is 0.301 e. The Morgan fingerprint density at radius 2 is 2.10 bits per heavy atom. The van der Waals surface area contributed by atoms with Crippen molar-refractivity contribution < 1.29 is 0 Å². The van der Waals surface area contributed by atoms with E-state index in [2.05, 4.69) is 29.3 Å². The minimum absolute atomic E-state index is 1.09. The lowest BCUT2D eigenvalue weighted by atomic mass is 10.4. The smallest absolute Gasteiger partial charge is 0.0255 e. The van der Waals surface area contributed by atoms with E-state index in [1.807, 2.05) is 0 Å². The Labute approximate surface area is 63.0 Å². The summed E-state index contributed by atoms with van der Waals surface area (Å²) in [5.74, 6) is 0. The van der Waals surface area contributed by atoms with Crippen LogP contribution in [0.1, 0.15) is 6.92 Å². The number of rotatable bonds is 1. The van der Waals surface area contributed by atoms with E-state index in [1.165, 1.54) is 19.6 Å². The lowest BCUT2D eigenvalue weighted by Gasteiger charge is -2.16. The van der Waals surface area contributed by atoms with Gasteiger partial charge in [0.1, 0.15) is 0 Å². The summed E-state index contributed by atoms with van der Waals surface area (Å²) in [5, 5.41) is 2.16. The average Bonchev–Trinajstić information content (AvgIpc) is 2.14. The Balaban J connectivity index is 2.26. The first-order valence-electron chi connectivity index (χ1n) is 4.00. The Kier molecular flexibility index (Phi) is 3.12. The molecule has 0 aromatic rings. The average molecular weight is 143 g/mol. The second-order valence-corrected chi connectivity index (χ2v) is 2.76. The van der Waals surface area contributed by atoms with Crippen molar-refractivity contribution in [1.82, 2.24) is 15.3 Å². The van der Waals surface area contributed by atoms with Gasteiger partial charge in [0.15, 0.2) is 0 Å². The monoisotopic (exact) mass is 143 g/mol. The molecule has 1 aliphatic heterocycles. The van der Waals surface area contributed by atoms with E-state index < -0.39 is 0 Å². The predicted octanol–water partition coefficient (Wildman–Crippen LogP) is -0.242. The molecule has 0 amide bonds. The molecule has 0 aromatic carbocycles. The molecule has 3 nitrogen and oxygen atoms in total. The quantitative estimate of drug-likeness (QED) is 0.546. The fourth-order valence-corrected chi connectivity index (χ4v) is 1.20. The van der Waals surface area contributed by atoms with Crippen molar-refractivity contribution in [3.05, 3.63) is 0 Å². The number of likely N-dealkylation sites (N-methyl/N-ethyl adjacent to an activating group) is 2. The number of nitrogens with one attached hydrogen (secondary N) is 1. The van der Waals surface area contributed by atoms with Gasteiger partial charge in [0, 0.05) is 33.2 Å². The van der Waals surface area contributed by atoms with E-state index in [0.717, 1.165) is 13.1 Å². The van der Waals surface area contributed by atoms with Gasteiger partial charge < -0.3 is 4.90 Å². The number of hydrogen-bond donors (Lipinski definition) is 1. The Bertz CT molecular complexity index is 94.9. The van der Waals surface area contributed by atoms with Gasteiger partial charge >= 0.3 is 0 Å². The molecule has 60 valence electrons. The highest BCUT2D eigenvalue weighted by molar-refractivity contribution is 4.62. The molecule has 0 saturated carbocycles. The minimum Gasteiger partial charge on any atom is -0.301 e. The van der Waals surface area contributed by atoms with Crippen LogP contribution in [0.2, 0.25) is 0 Å². The maximum atomic E-state index is 3.30. The van der Waals surface area contributed by atoms with Gasteiger partial charge in [0.2, 0.25) is 0 Å². The molecule has 0 atom stereocenters. The van der Waals surface area contributed by atoms with Crippen molar-refractivity contribution in [2.45, 2.75) is 6.92 Å². The molecule has 0 spiro atoms. The zero-order valence-electron chi connectivity index (χ0n) is 6.93. The van der Waals surface area contributed by atoms with Gasteiger partial charge in [-0.05, 0) is 6.54 Å². The molecule has 1 aliphatic rings.